The van der Waals surface area contributed by atoms with Gasteiger partial charge in [-0.3, -0.25) is 9.11 Å². The van der Waals surface area contributed by atoms with Gasteiger partial charge >= 0.3 is 10.4 Å². The van der Waals surface area contributed by atoms with Gasteiger partial charge in [-0.25, -0.2) is 12.6 Å². The Kier molecular flexibility index (Phi) is 8.13. The molecule has 0 unspecified atom stereocenters. The zero-order valence-electron chi connectivity index (χ0n) is 18.2. The van der Waals surface area contributed by atoms with E-state index in [4.69, 9.17) is 16.2 Å². The van der Waals surface area contributed by atoms with E-state index in [2.05, 4.69) is 29.8 Å². The minimum atomic E-state index is -4.75. The van der Waals surface area contributed by atoms with Gasteiger partial charge in [0, 0.05) is 11.4 Å². The van der Waals surface area contributed by atoms with Crippen LogP contribution in [0.4, 0.5) is 23.3 Å². The Morgan fingerprint density at radius 1 is 0.861 bits per heavy atom. The van der Waals surface area contributed by atoms with Gasteiger partial charge in [0.25, 0.3) is 10.1 Å². The molecule has 3 aromatic rings. The van der Waals surface area contributed by atoms with Crippen LogP contribution in [0.1, 0.15) is 5.56 Å². The third kappa shape index (κ3) is 7.79. The van der Waals surface area contributed by atoms with Crippen molar-refractivity contribution in [1.82, 2.24) is 15.0 Å². The molecule has 0 fully saturated rings. The molecule has 1 heterocycles. The van der Waals surface area contributed by atoms with E-state index < -0.39 is 42.7 Å². The number of nitrogens with one attached hydrogen (secondary N) is 2. The highest BCUT2D eigenvalue weighted by Crippen LogP contribution is 2.23. The van der Waals surface area contributed by atoms with Crippen LogP contribution in [-0.2, 0) is 34.5 Å². The number of halogens is 1. The highest BCUT2D eigenvalue weighted by atomic mass is 35.5. The van der Waals surface area contributed by atoms with Crippen LogP contribution in [-0.4, -0.2) is 61.7 Å². The van der Waals surface area contributed by atoms with Gasteiger partial charge in [-0.05, 0) is 66.6 Å². The monoisotopic (exact) mass is 579 g/mol. The minimum Gasteiger partial charge on any atom is -0.324 e. The van der Waals surface area contributed by atoms with Crippen molar-refractivity contribution in [2.45, 2.75) is 16.7 Å². The van der Waals surface area contributed by atoms with Crippen LogP contribution in [0.2, 0.25) is 5.28 Å². The van der Waals surface area contributed by atoms with Crippen molar-refractivity contribution in [3.63, 3.8) is 0 Å². The van der Waals surface area contributed by atoms with Gasteiger partial charge in [0.1, 0.15) is 0 Å². The summed E-state index contributed by atoms with van der Waals surface area (Å²) in [6.07, 6.45) is 0. The van der Waals surface area contributed by atoms with Gasteiger partial charge < -0.3 is 10.6 Å². The second kappa shape index (κ2) is 10.6. The molecule has 0 bridgehead atoms. The average Bonchev–Trinajstić information content (AvgIpc) is 2.71. The average molecular weight is 580 g/mol. The van der Waals surface area contributed by atoms with Crippen molar-refractivity contribution in [3.8, 4) is 0 Å². The van der Waals surface area contributed by atoms with Crippen molar-refractivity contribution in [1.29, 1.82) is 0 Å². The van der Waals surface area contributed by atoms with Crippen molar-refractivity contribution in [3.05, 3.63) is 53.3 Å². The maximum absolute atomic E-state index is 12.3. The number of nitrogens with zero attached hydrogens (tertiary/aromatic N) is 3. The van der Waals surface area contributed by atoms with Crippen LogP contribution in [0.3, 0.4) is 0 Å². The predicted octanol–water partition coefficient (Wildman–Crippen LogP) is 2.16. The summed E-state index contributed by atoms with van der Waals surface area (Å²) in [5.41, 5.74) is 1.06. The van der Waals surface area contributed by atoms with E-state index in [1.807, 2.05) is 0 Å². The number of rotatable bonds is 10. The second-order valence-electron chi connectivity index (χ2n) is 7.05. The molecule has 0 radical (unpaired) electrons. The Hall–Kier alpha value is -2.93. The molecule has 18 heteroatoms. The molecule has 36 heavy (non-hydrogen) atoms. The lowest BCUT2D eigenvalue weighted by atomic mass is 10.2. The normalized spacial score (nSPS) is 12.3. The van der Waals surface area contributed by atoms with Gasteiger partial charge in [-0.2, -0.15) is 31.8 Å². The molecule has 194 valence electrons. The number of aromatic nitrogens is 3. The summed E-state index contributed by atoms with van der Waals surface area (Å²) in [6.45, 7) is 0.742. The van der Waals surface area contributed by atoms with Crippen molar-refractivity contribution >= 4 is 65.2 Å². The summed E-state index contributed by atoms with van der Waals surface area (Å²) in [4.78, 5) is 11.6. The lowest BCUT2D eigenvalue weighted by Gasteiger charge is -2.10. The zero-order valence-corrected chi connectivity index (χ0v) is 21.4. The van der Waals surface area contributed by atoms with Gasteiger partial charge in [0.05, 0.1) is 22.2 Å². The molecule has 1 aromatic heterocycles. The van der Waals surface area contributed by atoms with Gasteiger partial charge in [0.15, 0.2) is 9.84 Å². The predicted molar refractivity (Wildman–Crippen MR) is 128 cm³/mol. The maximum atomic E-state index is 12.3. The maximum Gasteiger partial charge on any atom is 0.397 e. The number of benzene rings is 2. The molecule has 0 amide bonds. The van der Waals surface area contributed by atoms with Crippen LogP contribution in [0.25, 0.3) is 0 Å². The molecule has 0 aliphatic heterocycles. The minimum absolute atomic E-state index is 0.000868. The number of hydrogen-bond acceptors (Lipinski definition) is 12. The number of anilines is 4. The van der Waals surface area contributed by atoms with Gasteiger partial charge in [-0.1, -0.05) is 0 Å². The van der Waals surface area contributed by atoms with E-state index in [0.717, 1.165) is 0 Å². The van der Waals surface area contributed by atoms with E-state index >= 15 is 0 Å². The molecule has 4 N–H and O–H groups in total. The highest BCUT2D eigenvalue weighted by molar-refractivity contribution is 7.91. The van der Waals surface area contributed by atoms with Crippen LogP contribution >= 0.6 is 11.6 Å². The number of aryl methyl sites for hydroxylation is 1. The topological polar surface area (TPSA) is 215 Å². The molecule has 0 saturated carbocycles. The number of sulfone groups is 1. The third-order valence-electron chi connectivity index (χ3n) is 4.37. The van der Waals surface area contributed by atoms with Crippen LogP contribution in [0.5, 0.6) is 0 Å². The quantitative estimate of drug-likeness (QED) is 0.253. The Morgan fingerprint density at radius 3 is 1.94 bits per heavy atom. The first-order valence-electron chi connectivity index (χ1n) is 9.61. The largest absolute Gasteiger partial charge is 0.397 e. The number of hydrogen-bond donors (Lipinski definition) is 4. The fourth-order valence-electron chi connectivity index (χ4n) is 2.85. The summed E-state index contributed by atoms with van der Waals surface area (Å²) < 4.78 is 90.1. The lowest BCUT2D eigenvalue weighted by molar-refractivity contribution is 0.284. The Morgan fingerprint density at radius 2 is 1.42 bits per heavy atom. The summed E-state index contributed by atoms with van der Waals surface area (Å²) in [6, 6.07) is 9.37. The zero-order chi connectivity index (χ0) is 26.7. The molecule has 0 aliphatic rings. The first-order chi connectivity index (χ1) is 16.6. The van der Waals surface area contributed by atoms with E-state index in [1.165, 1.54) is 49.4 Å². The summed E-state index contributed by atoms with van der Waals surface area (Å²) in [5, 5.41) is 5.48. The molecule has 2 aromatic carbocycles. The Bertz CT molecular complexity index is 1600. The molecule has 14 nitrogen and oxygen atoms in total. The fourth-order valence-corrected chi connectivity index (χ4v) is 5.20. The van der Waals surface area contributed by atoms with E-state index in [9.17, 15) is 29.8 Å². The molecule has 0 spiro atoms. The first kappa shape index (κ1) is 27.7. The lowest BCUT2D eigenvalue weighted by Crippen LogP contribution is -2.15. The molecule has 0 atom stereocenters. The molecule has 0 saturated heterocycles. The smallest absolute Gasteiger partial charge is 0.324 e. The fraction of sp³-hybridized carbons (Fsp3) is 0.167. The van der Waals surface area contributed by atoms with Gasteiger partial charge in [-0.15, -0.1) is 0 Å². The molecule has 3 rings (SSSR count). The second-order valence-corrected chi connectivity index (χ2v) is 12.0. The molecule has 0 aliphatic carbocycles. The van der Waals surface area contributed by atoms with E-state index in [-0.39, 0.29) is 32.5 Å². The van der Waals surface area contributed by atoms with Crippen LogP contribution < -0.4 is 10.6 Å². The summed E-state index contributed by atoms with van der Waals surface area (Å²) >= 11 is 5.96. The third-order valence-corrected chi connectivity index (χ3v) is 7.71. The van der Waals surface area contributed by atoms with Crippen LogP contribution in [0, 0.1) is 6.92 Å². The van der Waals surface area contributed by atoms with Crippen molar-refractivity contribution in [2.75, 3.05) is 23.0 Å². The summed E-state index contributed by atoms with van der Waals surface area (Å²) in [7, 11) is -13.0. The highest BCUT2D eigenvalue weighted by Gasteiger charge is 2.17. The summed E-state index contributed by atoms with van der Waals surface area (Å²) in [5.74, 6) is -0.669. The van der Waals surface area contributed by atoms with E-state index in [0.29, 0.717) is 11.4 Å². The van der Waals surface area contributed by atoms with Gasteiger partial charge in [0.2, 0.25) is 17.2 Å². The SMILES string of the molecule is Cc1cc(Nc2nc(Cl)nc(Nc3ccc(S(=O)(=O)CCOS(=O)(=O)O)cc3)n2)ccc1S(=O)(=O)O. The standard InChI is InChI=1S/C18H18ClN5O9S3/c1-11-10-13(4-7-15(11)35(27,28)29)21-18-23-16(19)22-17(24-18)20-12-2-5-14(6-3-12)34(25,26)9-8-33-36(30,31)32/h2-7,10H,8-9H2,1H3,(H,27,28,29)(H,30,31,32)(H2,20,21,22,23,24). The Balaban J connectivity index is 1.73. The van der Waals surface area contributed by atoms with E-state index in [1.54, 1.807) is 0 Å². The Labute approximate surface area is 211 Å². The van der Waals surface area contributed by atoms with Crippen molar-refractivity contribution in [2.24, 2.45) is 0 Å². The van der Waals surface area contributed by atoms with Crippen molar-refractivity contribution < 1.29 is 38.5 Å². The van der Waals surface area contributed by atoms with Crippen LogP contribution in [0.15, 0.2) is 52.3 Å². The molecular weight excluding hydrogens is 562 g/mol. The first-order valence-corrected chi connectivity index (χ1v) is 14.4. The molecular formula is C18H18ClN5O9S3.